The van der Waals surface area contributed by atoms with Gasteiger partial charge in [-0.3, -0.25) is 14.9 Å². The SMILES string of the molecule is CN(C)c1ccc(-n2cccc2/C=C2/C(=O)NC(=O)N(c3cccc(C(=O)O)c3)C2=O)cc1. The third-order valence-electron chi connectivity index (χ3n) is 5.17. The number of hydrogen-bond donors (Lipinski definition) is 2. The van der Waals surface area contributed by atoms with Gasteiger partial charge in [0.25, 0.3) is 11.8 Å². The second-order valence-electron chi connectivity index (χ2n) is 7.53. The lowest BCUT2D eigenvalue weighted by molar-refractivity contribution is -0.122. The smallest absolute Gasteiger partial charge is 0.335 e. The van der Waals surface area contributed by atoms with E-state index in [0.29, 0.717) is 5.69 Å². The van der Waals surface area contributed by atoms with Crippen LogP contribution in [0.15, 0.2) is 72.4 Å². The molecule has 1 aliphatic rings. The average Bonchev–Trinajstić information content (AvgIpc) is 3.25. The largest absolute Gasteiger partial charge is 0.478 e. The molecule has 1 saturated heterocycles. The quantitative estimate of drug-likeness (QED) is 0.462. The van der Waals surface area contributed by atoms with Crippen LogP contribution < -0.4 is 15.1 Å². The Morgan fingerprint density at radius 1 is 0.970 bits per heavy atom. The molecule has 33 heavy (non-hydrogen) atoms. The molecule has 0 saturated carbocycles. The minimum atomic E-state index is -1.20. The van der Waals surface area contributed by atoms with E-state index < -0.39 is 23.8 Å². The fraction of sp³-hybridized carbons (Fsp3) is 0.0833. The minimum Gasteiger partial charge on any atom is -0.478 e. The van der Waals surface area contributed by atoms with E-state index in [-0.39, 0.29) is 16.8 Å². The molecule has 4 amide bonds. The van der Waals surface area contributed by atoms with E-state index in [4.69, 9.17) is 0 Å². The first-order chi connectivity index (χ1) is 15.8. The molecule has 0 bridgehead atoms. The molecule has 0 spiro atoms. The van der Waals surface area contributed by atoms with Gasteiger partial charge in [-0.25, -0.2) is 14.5 Å². The van der Waals surface area contributed by atoms with Crippen molar-refractivity contribution < 1.29 is 24.3 Å². The maximum Gasteiger partial charge on any atom is 0.335 e. The van der Waals surface area contributed by atoms with Crippen LogP contribution in [0.2, 0.25) is 0 Å². The summed E-state index contributed by atoms with van der Waals surface area (Å²) in [6.07, 6.45) is 3.19. The van der Waals surface area contributed by atoms with E-state index in [1.807, 2.05) is 43.3 Å². The van der Waals surface area contributed by atoms with Crippen LogP contribution in [0.25, 0.3) is 11.8 Å². The van der Waals surface area contributed by atoms with Gasteiger partial charge in [0.05, 0.1) is 11.3 Å². The Morgan fingerprint density at radius 3 is 2.36 bits per heavy atom. The maximum atomic E-state index is 13.1. The van der Waals surface area contributed by atoms with E-state index in [0.717, 1.165) is 16.3 Å². The number of barbiturate groups is 1. The molecule has 4 rings (SSSR count). The van der Waals surface area contributed by atoms with Gasteiger partial charge in [-0.15, -0.1) is 0 Å². The first-order valence-corrected chi connectivity index (χ1v) is 9.96. The molecular weight excluding hydrogens is 424 g/mol. The van der Waals surface area contributed by atoms with Crippen molar-refractivity contribution in [3.63, 3.8) is 0 Å². The number of anilines is 2. The Balaban J connectivity index is 1.71. The van der Waals surface area contributed by atoms with E-state index in [2.05, 4.69) is 5.32 Å². The van der Waals surface area contributed by atoms with E-state index >= 15 is 0 Å². The zero-order valence-electron chi connectivity index (χ0n) is 17.9. The van der Waals surface area contributed by atoms with Crippen LogP contribution in [0.5, 0.6) is 0 Å². The van der Waals surface area contributed by atoms with Gasteiger partial charge >= 0.3 is 12.0 Å². The number of amides is 4. The van der Waals surface area contributed by atoms with Crippen molar-refractivity contribution in [3.8, 4) is 5.69 Å². The summed E-state index contributed by atoms with van der Waals surface area (Å²) in [4.78, 5) is 52.1. The van der Waals surface area contributed by atoms with Crippen molar-refractivity contribution in [2.75, 3.05) is 23.9 Å². The van der Waals surface area contributed by atoms with Gasteiger partial charge in [-0.1, -0.05) is 6.07 Å². The highest BCUT2D eigenvalue weighted by molar-refractivity contribution is 6.39. The van der Waals surface area contributed by atoms with Crippen molar-refractivity contribution in [1.29, 1.82) is 0 Å². The molecule has 1 aliphatic heterocycles. The number of urea groups is 1. The summed E-state index contributed by atoms with van der Waals surface area (Å²) in [5, 5.41) is 11.4. The first-order valence-electron chi connectivity index (χ1n) is 9.96. The van der Waals surface area contributed by atoms with Crippen molar-refractivity contribution in [2.45, 2.75) is 0 Å². The summed E-state index contributed by atoms with van der Waals surface area (Å²) in [6, 6.07) is 15.7. The molecule has 0 radical (unpaired) electrons. The predicted molar refractivity (Wildman–Crippen MR) is 122 cm³/mol. The Bertz CT molecular complexity index is 1300. The first kappa shape index (κ1) is 21.6. The number of imide groups is 2. The zero-order chi connectivity index (χ0) is 23.7. The molecule has 3 aromatic rings. The number of carboxylic acid groups (broad SMARTS) is 1. The highest BCUT2D eigenvalue weighted by atomic mass is 16.4. The lowest BCUT2D eigenvalue weighted by Crippen LogP contribution is -2.54. The van der Waals surface area contributed by atoms with Crippen LogP contribution in [0.3, 0.4) is 0 Å². The van der Waals surface area contributed by atoms with Crippen LogP contribution in [0, 0.1) is 0 Å². The van der Waals surface area contributed by atoms with Gasteiger partial charge in [0, 0.05) is 37.4 Å². The van der Waals surface area contributed by atoms with Crippen LogP contribution in [-0.4, -0.2) is 47.6 Å². The van der Waals surface area contributed by atoms with Gasteiger partial charge < -0.3 is 14.6 Å². The van der Waals surface area contributed by atoms with Crippen LogP contribution >= 0.6 is 0 Å². The molecule has 1 aromatic heterocycles. The highest BCUT2D eigenvalue weighted by Gasteiger charge is 2.37. The van der Waals surface area contributed by atoms with Crippen molar-refractivity contribution in [1.82, 2.24) is 9.88 Å². The number of carbonyl (C=O) groups is 4. The third-order valence-corrected chi connectivity index (χ3v) is 5.17. The van der Waals surface area contributed by atoms with Gasteiger partial charge in [-0.05, 0) is 60.7 Å². The standard InChI is InChI=1S/C24H20N4O5/c1-26(2)16-8-10-17(11-9-16)27-12-4-7-18(27)14-20-21(29)25-24(33)28(22(20)30)19-6-3-5-15(13-19)23(31)32/h3-14H,1-2H3,(H,31,32)(H,25,29,33)/b20-14-. The highest BCUT2D eigenvalue weighted by Crippen LogP contribution is 2.24. The van der Waals surface area contributed by atoms with E-state index in [1.54, 1.807) is 22.9 Å². The Labute approximate surface area is 189 Å². The summed E-state index contributed by atoms with van der Waals surface area (Å²) in [6.45, 7) is 0. The molecular formula is C24H20N4O5. The number of carbonyl (C=O) groups excluding carboxylic acids is 3. The average molecular weight is 444 g/mol. The molecule has 166 valence electrons. The number of nitrogens with zero attached hydrogens (tertiary/aromatic N) is 3. The monoisotopic (exact) mass is 444 g/mol. The van der Waals surface area contributed by atoms with Gasteiger partial charge in [-0.2, -0.15) is 0 Å². The summed E-state index contributed by atoms with van der Waals surface area (Å²) in [5.74, 6) is -2.87. The minimum absolute atomic E-state index is 0.0467. The fourth-order valence-corrected chi connectivity index (χ4v) is 3.48. The van der Waals surface area contributed by atoms with Gasteiger partial charge in [0.2, 0.25) is 0 Å². The maximum absolute atomic E-state index is 13.1. The number of nitrogens with one attached hydrogen (secondary N) is 1. The summed E-state index contributed by atoms with van der Waals surface area (Å²) in [5.41, 5.74) is 2.10. The van der Waals surface area contributed by atoms with Crippen molar-refractivity contribution >= 4 is 41.3 Å². The second-order valence-corrected chi connectivity index (χ2v) is 7.53. The van der Waals surface area contributed by atoms with Crippen molar-refractivity contribution in [2.24, 2.45) is 0 Å². The van der Waals surface area contributed by atoms with E-state index in [9.17, 15) is 24.3 Å². The summed E-state index contributed by atoms with van der Waals surface area (Å²) >= 11 is 0. The normalized spacial score (nSPS) is 15.0. The Kier molecular flexibility index (Phi) is 5.53. The molecule has 2 heterocycles. The van der Waals surface area contributed by atoms with Gasteiger partial charge in [0.1, 0.15) is 5.57 Å². The molecule has 1 fully saturated rings. The lowest BCUT2D eigenvalue weighted by Gasteiger charge is -2.26. The summed E-state index contributed by atoms with van der Waals surface area (Å²) < 4.78 is 1.80. The van der Waals surface area contributed by atoms with E-state index in [1.165, 1.54) is 30.3 Å². The third kappa shape index (κ3) is 4.11. The number of aromatic nitrogens is 1. The predicted octanol–water partition coefficient (Wildman–Crippen LogP) is 2.91. The Morgan fingerprint density at radius 2 is 1.70 bits per heavy atom. The van der Waals surface area contributed by atoms with Crippen LogP contribution in [0.4, 0.5) is 16.2 Å². The van der Waals surface area contributed by atoms with Crippen LogP contribution in [-0.2, 0) is 9.59 Å². The molecule has 9 nitrogen and oxygen atoms in total. The molecule has 0 atom stereocenters. The summed E-state index contributed by atoms with van der Waals surface area (Å²) in [7, 11) is 3.88. The second kappa shape index (κ2) is 8.46. The number of aromatic carboxylic acids is 1. The molecule has 2 aromatic carbocycles. The molecule has 2 N–H and O–H groups in total. The number of hydrogen-bond acceptors (Lipinski definition) is 5. The molecule has 0 unspecified atom stereocenters. The van der Waals surface area contributed by atoms with Crippen LogP contribution in [0.1, 0.15) is 16.1 Å². The fourth-order valence-electron chi connectivity index (χ4n) is 3.48. The number of carboxylic acids is 1. The van der Waals surface area contributed by atoms with Crippen molar-refractivity contribution in [3.05, 3.63) is 83.7 Å². The molecule has 0 aliphatic carbocycles. The number of rotatable bonds is 5. The zero-order valence-corrected chi connectivity index (χ0v) is 17.9. The topological polar surface area (TPSA) is 112 Å². The Hall–Kier alpha value is -4.66. The van der Waals surface area contributed by atoms with Gasteiger partial charge in [0.15, 0.2) is 0 Å². The molecule has 9 heteroatoms. The lowest BCUT2D eigenvalue weighted by atomic mass is 10.1. The number of benzene rings is 2.